The summed E-state index contributed by atoms with van der Waals surface area (Å²) in [7, 11) is 3.90. The Labute approximate surface area is 153 Å². The van der Waals surface area contributed by atoms with Crippen LogP contribution >= 0.6 is 11.6 Å². The fraction of sp³-hybridized carbons (Fsp3) is 0.211. The number of benzene rings is 2. The lowest BCUT2D eigenvalue weighted by atomic mass is 9.98. The van der Waals surface area contributed by atoms with E-state index in [2.05, 4.69) is 10.6 Å². The van der Waals surface area contributed by atoms with Gasteiger partial charge in [-0.1, -0.05) is 41.9 Å². The summed E-state index contributed by atoms with van der Waals surface area (Å²) in [5.74, 6) is 1.43. The molecule has 0 radical (unpaired) electrons. The largest absolute Gasteiger partial charge is 0.364 e. The number of aryl methyl sites for hydroxylation is 1. The van der Waals surface area contributed by atoms with Gasteiger partial charge in [0.1, 0.15) is 5.82 Å². The summed E-state index contributed by atoms with van der Waals surface area (Å²) in [5.41, 5.74) is 8.39. The second kappa shape index (κ2) is 6.78. The maximum atomic E-state index is 6.64. The molecule has 0 aromatic heterocycles. The number of hydrogen-bond acceptors (Lipinski definition) is 5. The van der Waals surface area contributed by atoms with Crippen molar-refractivity contribution in [3.05, 3.63) is 76.6 Å². The Balaban J connectivity index is 2.01. The molecule has 0 saturated heterocycles. The first-order chi connectivity index (χ1) is 11.9. The van der Waals surface area contributed by atoms with Gasteiger partial charge in [0.25, 0.3) is 0 Å². The van der Waals surface area contributed by atoms with Gasteiger partial charge in [0, 0.05) is 30.9 Å². The molecular formula is C19H22ClN5. The smallest absolute Gasteiger partial charge is 0.203 e. The van der Waals surface area contributed by atoms with E-state index in [0.29, 0.717) is 11.0 Å². The van der Waals surface area contributed by atoms with Gasteiger partial charge in [0.15, 0.2) is 5.66 Å². The van der Waals surface area contributed by atoms with Crippen molar-refractivity contribution >= 4 is 23.2 Å². The van der Waals surface area contributed by atoms with Crippen molar-refractivity contribution in [1.29, 1.82) is 0 Å². The first-order valence-electron chi connectivity index (χ1n) is 8.02. The van der Waals surface area contributed by atoms with E-state index in [9.17, 15) is 0 Å². The zero-order chi connectivity index (χ0) is 18.0. The summed E-state index contributed by atoms with van der Waals surface area (Å²) in [5, 5.41) is 7.21. The minimum atomic E-state index is -1.01. The third-order valence-electron chi connectivity index (χ3n) is 4.05. The molecule has 1 aliphatic heterocycles. The maximum absolute atomic E-state index is 6.64. The number of nitrogens with one attached hydrogen (secondary N) is 2. The van der Waals surface area contributed by atoms with Gasteiger partial charge in [0.2, 0.25) is 5.96 Å². The molecule has 0 aliphatic carbocycles. The van der Waals surface area contributed by atoms with Crippen molar-refractivity contribution in [2.75, 3.05) is 19.4 Å². The Hall–Kier alpha value is -2.50. The zero-order valence-electron chi connectivity index (χ0n) is 14.5. The van der Waals surface area contributed by atoms with E-state index in [1.54, 1.807) is 0 Å². The number of rotatable bonds is 3. The number of halogens is 1. The van der Waals surface area contributed by atoms with Crippen LogP contribution in [0.5, 0.6) is 0 Å². The Morgan fingerprint density at radius 3 is 2.52 bits per heavy atom. The van der Waals surface area contributed by atoms with Gasteiger partial charge < -0.3 is 15.5 Å². The first kappa shape index (κ1) is 17.3. The van der Waals surface area contributed by atoms with Crippen LogP contribution in [0.1, 0.15) is 11.1 Å². The van der Waals surface area contributed by atoms with Gasteiger partial charge >= 0.3 is 0 Å². The third kappa shape index (κ3) is 3.78. The highest BCUT2D eigenvalue weighted by molar-refractivity contribution is 6.31. The van der Waals surface area contributed by atoms with Gasteiger partial charge in [-0.15, -0.1) is 0 Å². The van der Waals surface area contributed by atoms with Crippen LogP contribution < -0.4 is 16.4 Å². The lowest BCUT2D eigenvalue weighted by molar-refractivity contribution is 0.453. The number of anilines is 1. The number of hydrogen-bond donors (Lipinski definition) is 3. The van der Waals surface area contributed by atoms with Gasteiger partial charge in [-0.05, 0) is 36.2 Å². The second-order valence-electron chi connectivity index (χ2n) is 6.29. The molecule has 1 heterocycles. The van der Waals surface area contributed by atoms with E-state index in [-0.39, 0.29) is 0 Å². The minimum Gasteiger partial charge on any atom is -0.364 e. The number of nitrogens with two attached hydrogens (primary N) is 1. The topological polar surface area (TPSA) is 65.7 Å². The minimum absolute atomic E-state index is 0.580. The lowest BCUT2D eigenvalue weighted by Gasteiger charge is -2.33. The molecule has 5 nitrogen and oxygen atoms in total. The highest BCUT2D eigenvalue weighted by Crippen LogP contribution is 2.29. The Bertz CT molecular complexity index is 829. The van der Waals surface area contributed by atoms with Crippen molar-refractivity contribution in [1.82, 2.24) is 10.2 Å². The quantitative estimate of drug-likeness (QED) is 0.790. The van der Waals surface area contributed by atoms with Crippen LogP contribution in [0.15, 0.2) is 65.4 Å². The normalized spacial score (nSPS) is 19.6. The Morgan fingerprint density at radius 1 is 1.16 bits per heavy atom. The van der Waals surface area contributed by atoms with E-state index in [1.165, 1.54) is 0 Å². The zero-order valence-corrected chi connectivity index (χ0v) is 15.3. The summed E-state index contributed by atoms with van der Waals surface area (Å²) in [6, 6.07) is 15.6. The van der Waals surface area contributed by atoms with E-state index >= 15 is 0 Å². The monoisotopic (exact) mass is 355 g/mol. The second-order valence-corrected chi connectivity index (χ2v) is 6.70. The molecule has 1 atom stereocenters. The Morgan fingerprint density at radius 2 is 1.88 bits per heavy atom. The molecule has 2 aromatic carbocycles. The molecule has 4 N–H and O–H groups in total. The molecule has 6 heteroatoms. The molecule has 2 aromatic rings. The summed E-state index contributed by atoms with van der Waals surface area (Å²) < 4.78 is 0. The molecule has 0 amide bonds. The van der Waals surface area contributed by atoms with Crippen molar-refractivity contribution in [2.24, 2.45) is 10.7 Å². The van der Waals surface area contributed by atoms with Gasteiger partial charge in [-0.3, -0.25) is 5.73 Å². The van der Waals surface area contributed by atoms with Crippen LogP contribution in [-0.2, 0) is 5.66 Å². The lowest BCUT2D eigenvalue weighted by Crippen LogP contribution is -2.47. The van der Waals surface area contributed by atoms with Crippen LogP contribution in [-0.4, -0.2) is 25.0 Å². The summed E-state index contributed by atoms with van der Waals surface area (Å²) >= 11 is 6.29. The van der Waals surface area contributed by atoms with Crippen LogP contribution in [0, 0.1) is 6.92 Å². The fourth-order valence-corrected chi connectivity index (χ4v) is 2.74. The first-order valence-corrected chi connectivity index (χ1v) is 8.40. The third-order valence-corrected chi connectivity index (χ3v) is 4.46. The number of nitrogens with zero attached hydrogens (tertiary/aromatic N) is 2. The molecule has 0 bridgehead atoms. The fourth-order valence-electron chi connectivity index (χ4n) is 2.56. The molecule has 130 valence electrons. The molecule has 1 unspecified atom stereocenters. The highest BCUT2D eigenvalue weighted by Gasteiger charge is 2.30. The molecule has 0 saturated carbocycles. The molecule has 0 fully saturated rings. The van der Waals surface area contributed by atoms with Gasteiger partial charge in [0.05, 0.1) is 0 Å². The van der Waals surface area contributed by atoms with Crippen molar-refractivity contribution < 1.29 is 0 Å². The average molecular weight is 356 g/mol. The molecule has 3 rings (SSSR count). The van der Waals surface area contributed by atoms with Crippen LogP contribution in [0.4, 0.5) is 5.69 Å². The maximum Gasteiger partial charge on any atom is 0.203 e. The van der Waals surface area contributed by atoms with Crippen molar-refractivity contribution in [3.63, 3.8) is 0 Å². The predicted molar refractivity (Wildman–Crippen MR) is 104 cm³/mol. The summed E-state index contributed by atoms with van der Waals surface area (Å²) in [6.45, 7) is 1.96. The average Bonchev–Trinajstić information content (AvgIpc) is 2.57. The summed E-state index contributed by atoms with van der Waals surface area (Å²) in [4.78, 5) is 6.65. The SMILES string of the molecule is Cc1ccc(C2(N)C=C(N(C)C)NC(Nc3ccccc3)=N2)cc1Cl. The van der Waals surface area contributed by atoms with E-state index in [1.807, 2.05) is 80.5 Å². The molecular weight excluding hydrogens is 334 g/mol. The molecule has 25 heavy (non-hydrogen) atoms. The van der Waals surface area contributed by atoms with Crippen molar-refractivity contribution in [2.45, 2.75) is 12.6 Å². The van der Waals surface area contributed by atoms with E-state index < -0.39 is 5.66 Å². The number of para-hydroxylation sites is 1. The standard InChI is InChI=1S/C19H22ClN5/c1-13-9-10-14(11-16(13)20)19(21)12-17(25(2)3)23-18(24-19)22-15-7-5-4-6-8-15/h4-12H,21H2,1-3H3,(H2,22,23,24). The van der Waals surface area contributed by atoms with Crippen LogP contribution in [0.3, 0.4) is 0 Å². The van der Waals surface area contributed by atoms with Crippen LogP contribution in [0.25, 0.3) is 0 Å². The van der Waals surface area contributed by atoms with E-state index in [0.717, 1.165) is 22.6 Å². The highest BCUT2D eigenvalue weighted by atomic mass is 35.5. The van der Waals surface area contributed by atoms with Gasteiger partial charge in [-0.25, -0.2) is 4.99 Å². The number of aliphatic imine (C=N–C) groups is 1. The Kier molecular flexibility index (Phi) is 4.70. The molecule has 0 spiro atoms. The van der Waals surface area contributed by atoms with Crippen molar-refractivity contribution in [3.8, 4) is 0 Å². The molecule has 1 aliphatic rings. The summed E-state index contributed by atoms with van der Waals surface area (Å²) in [6.07, 6.45) is 1.89. The van der Waals surface area contributed by atoms with E-state index in [4.69, 9.17) is 22.3 Å². The number of guanidine groups is 1. The van der Waals surface area contributed by atoms with Gasteiger partial charge in [-0.2, -0.15) is 0 Å². The van der Waals surface area contributed by atoms with Crippen LogP contribution in [0.2, 0.25) is 5.02 Å². The predicted octanol–water partition coefficient (Wildman–Crippen LogP) is 3.23.